The van der Waals surface area contributed by atoms with Crippen molar-refractivity contribution < 1.29 is 4.79 Å². The minimum Gasteiger partial charge on any atom is -0.356 e. The number of rotatable bonds is 10. The lowest BCUT2D eigenvalue weighted by Gasteiger charge is -2.20. The second-order valence-electron chi connectivity index (χ2n) is 7.96. The number of nitrogens with zero attached hydrogens (tertiary/aromatic N) is 2. The predicted molar refractivity (Wildman–Crippen MR) is 112 cm³/mol. The van der Waals surface area contributed by atoms with Crippen molar-refractivity contribution in [1.29, 1.82) is 0 Å². The third-order valence-corrected chi connectivity index (χ3v) is 5.82. The molecular formula is C23H35N3O. The summed E-state index contributed by atoms with van der Waals surface area (Å²) in [5, 5.41) is 3.16. The second-order valence-corrected chi connectivity index (χ2v) is 7.96. The molecule has 0 radical (unpaired) electrons. The van der Waals surface area contributed by atoms with Crippen molar-refractivity contribution in [3.8, 4) is 0 Å². The first-order chi connectivity index (χ1) is 13.3. The van der Waals surface area contributed by atoms with Gasteiger partial charge in [0.25, 0.3) is 0 Å². The molecule has 1 aromatic carbocycles. The Hall–Kier alpha value is -1.84. The van der Waals surface area contributed by atoms with Crippen LogP contribution < -0.4 is 5.32 Å². The van der Waals surface area contributed by atoms with Gasteiger partial charge in [-0.25, -0.2) is 4.98 Å². The van der Waals surface area contributed by atoms with Crippen molar-refractivity contribution >= 4 is 16.9 Å². The Bertz CT molecular complexity index is 715. The lowest BCUT2D eigenvalue weighted by molar-refractivity contribution is -0.125. The van der Waals surface area contributed by atoms with E-state index < -0.39 is 0 Å². The van der Waals surface area contributed by atoms with Crippen LogP contribution >= 0.6 is 0 Å². The molecular weight excluding hydrogens is 334 g/mol. The van der Waals surface area contributed by atoms with Crippen LogP contribution in [0.15, 0.2) is 24.3 Å². The highest BCUT2D eigenvalue weighted by molar-refractivity contribution is 5.78. The number of carbonyl (C=O) groups excluding carboxylic acids is 1. The lowest BCUT2D eigenvalue weighted by atomic mass is 9.89. The van der Waals surface area contributed by atoms with Crippen molar-refractivity contribution in [3.63, 3.8) is 0 Å². The van der Waals surface area contributed by atoms with Crippen molar-refractivity contribution in [2.45, 2.75) is 84.1 Å². The van der Waals surface area contributed by atoms with Gasteiger partial charge in [-0.05, 0) is 37.8 Å². The number of aryl methyl sites for hydroxylation is 2. The van der Waals surface area contributed by atoms with Crippen molar-refractivity contribution in [2.24, 2.45) is 5.92 Å². The Kier molecular flexibility index (Phi) is 7.73. The highest BCUT2D eigenvalue weighted by Crippen LogP contribution is 2.23. The maximum atomic E-state index is 12.3. The molecule has 1 aliphatic carbocycles. The van der Waals surface area contributed by atoms with Crippen LogP contribution in [-0.2, 0) is 17.8 Å². The van der Waals surface area contributed by atoms with Gasteiger partial charge in [0.1, 0.15) is 5.82 Å². The van der Waals surface area contributed by atoms with Gasteiger partial charge >= 0.3 is 0 Å². The number of carbonyl (C=O) groups is 1. The minimum absolute atomic E-state index is 0.252. The van der Waals surface area contributed by atoms with Gasteiger partial charge in [-0.15, -0.1) is 0 Å². The molecule has 0 spiro atoms. The van der Waals surface area contributed by atoms with Crippen molar-refractivity contribution in [2.75, 3.05) is 6.54 Å². The van der Waals surface area contributed by atoms with Gasteiger partial charge < -0.3 is 9.88 Å². The molecule has 27 heavy (non-hydrogen) atoms. The van der Waals surface area contributed by atoms with Gasteiger partial charge in [-0.1, -0.05) is 57.6 Å². The van der Waals surface area contributed by atoms with E-state index in [1.807, 2.05) is 0 Å². The van der Waals surface area contributed by atoms with Gasteiger partial charge in [-0.3, -0.25) is 4.79 Å². The van der Waals surface area contributed by atoms with E-state index in [2.05, 4.69) is 41.1 Å². The fourth-order valence-corrected chi connectivity index (χ4v) is 4.23. The number of fused-ring (bicyclic) bond motifs is 1. The standard InChI is InChI=1S/C23H35N3O/c1-2-3-4-10-18-26-21-15-9-8-14-20(21)25-22(26)16-11-17-24-23(27)19-12-6-5-7-13-19/h8-9,14-15,19H,2-7,10-13,16-18H2,1H3,(H,24,27). The number of aromatic nitrogens is 2. The topological polar surface area (TPSA) is 46.9 Å². The van der Waals surface area contributed by atoms with Crippen LogP contribution in [0.2, 0.25) is 0 Å². The minimum atomic E-state index is 0.252. The largest absolute Gasteiger partial charge is 0.356 e. The summed E-state index contributed by atoms with van der Waals surface area (Å²) in [6, 6.07) is 8.44. The molecule has 0 bridgehead atoms. The lowest BCUT2D eigenvalue weighted by Crippen LogP contribution is -2.32. The molecule has 1 fully saturated rings. The number of unbranched alkanes of at least 4 members (excludes halogenated alkanes) is 3. The first kappa shape index (κ1) is 19.9. The van der Waals surface area contributed by atoms with E-state index in [1.54, 1.807) is 0 Å². The summed E-state index contributed by atoms with van der Waals surface area (Å²) in [7, 11) is 0. The molecule has 0 unspecified atom stereocenters. The van der Waals surface area contributed by atoms with E-state index in [9.17, 15) is 4.79 Å². The zero-order valence-corrected chi connectivity index (χ0v) is 16.9. The predicted octanol–water partition coefficient (Wildman–Crippen LogP) is 5.25. The fourth-order valence-electron chi connectivity index (χ4n) is 4.23. The van der Waals surface area contributed by atoms with E-state index in [4.69, 9.17) is 4.98 Å². The number of imidazole rings is 1. The third-order valence-electron chi connectivity index (χ3n) is 5.82. The van der Waals surface area contributed by atoms with Crippen molar-refractivity contribution in [1.82, 2.24) is 14.9 Å². The first-order valence-electron chi connectivity index (χ1n) is 11.0. The number of para-hydroxylation sites is 2. The highest BCUT2D eigenvalue weighted by Gasteiger charge is 2.20. The molecule has 3 rings (SSSR count). The molecule has 1 N–H and O–H groups in total. The first-order valence-corrected chi connectivity index (χ1v) is 11.0. The van der Waals surface area contributed by atoms with E-state index in [0.717, 1.165) is 44.3 Å². The summed E-state index contributed by atoms with van der Waals surface area (Å²) < 4.78 is 2.40. The molecule has 0 saturated heterocycles. The Balaban J connectivity index is 1.53. The van der Waals surface area contributed by atoms with Crippen LogP contribution in [0.5, 0.6) is 0 Å². The van der Waals surface area contributed by atoms with Crippen LogP contribution in [0, 0.1) is 5.92 Å². The molecule has 1 aliphatic rings. The van der Waals surface area contributed by atoms with E-state index in [0.29, 0.717) is 0 Å². The Morgan fingerprint density at radius 3 is 2.74 bits per heavy atom. The van der Waals surface area contributed by atoms with E-state index in [1.165, 1.54) is 56.3 Å². The summed E-state index contributed by atoms with van der Waals surface area (Å²) in [5.74, 6) is 1.68. The normalized spacial score (nSPS) is 15.3. The second kappa shape index (κ2) is 10.5. The molecule has 0 atom stereocenters. The number of amides is 1. The van der Waals surface area contributed by atoms with Crippen LogP contribution in [0.3, 0.4) is 0 Å². The van der Waals surface area contributed by atoms with Gasteiger partial charge in [0.05, 0.1) is 11.0 Å². The van der Waals surface area contributed by atoms with Crippen LogP contribution in [0.1, 0.15) is 77.0 Å². The Morgan fingerprint density at radius 2 is 1.93 bits per heavy atom. The highest BCUT2D eigenvalue weighted by atomic mass is 16.1. The smallest absolute Gasteiger partial charge is 0.223 e. The summed E-state index contributed by atoms with van der Waals surface area (Å²) in [6.07, 6.45) is 12.8. The van der Waals surface area contributed by atoms with E-state index in [-0.39, 0.29) is 11.8 Å². The zero-order valence-electron chi connectivity index (χ0n) is 16.9. The van der Waals surface area contributed by atoms with Crippen LogP contribution in [0.25, 0.3) is 11.0 Å². The number of nitrogens with one attached hydrogen (secondary N) is 1. The molecule has 148 valence electrons. The summed E-state index contributed by atoms with van der Waals surface area (Å²) in [6.45, 7) is 4.05. The summed E-state index contributed by atoms with van der Waals surface area (Å²) in [4.78, 5) is 17.2. The average Bonchev–Trinajstić information content (AvgIpc) is 3.06. The monoisotopic (exact) mass is 369 g/mol. The Labute approximate surface area is 163 Å². The zero-order chi connectivity index (χ0) is 18.9. The summed E-state index contributed by atoms with van der Waals surface area (Å²) in [5.41, 5.74) is 2.34. The Morgan fingerprint density at radius 1 is 1.11 bits per heavy atom. The third kappa shape index (κ3) is 5.57. The molecule has 1 heterocycles. The molecule has 1 saturated carbocycles. The number of hydrogen-bond donors (Lipinski definition) is 1. The maximum absolute atomic E-state index is 12.3. The van der Waals surface area contributed by atoms with Gasteiger partial charge in [0, 0.05) is 25.4 Å². The van der Waals surface area contributed by atoms with Crippen molar-refractivity contribution in [3.05, 3.63) is 30.1 Å². The summed E-state index contributed by atoms with van der Waals surface area (Å²) >= 11 is 0. The molecule has 1 amide bonds. The molecule has 4 nitrogen and oxygen atoms in total. The van der Waals surface area contributed by atoms with Gasteiger partial charge in [-0.2, -0.15) is 0 Å². The molecule has 2 aromatic rings. The molecule has 4 heteroatoms. The fraction of sp³-hybridized carbons (Fsp3) is 0.652. The van der Waals surface area contributed by atoms with E-state index >= 15 is 0 Å². The number of hydrogen-bond acceptors (Lipinski definition) is 2. The average molecular weight is 370 g/mol. The molecule has 1 aromatic heterocycles. The van der Waals surface area contributed by atoms with Gasteiger partial charge in [0.15, 0.2) is 0 Å². The maximum Gasteiger partial charge on any atom is 0.223 e. The van der Waals surface area contributed by atoms with Crippen LogP contribution in [0.4, 0.5) is 0 Å². The van der Waals surface area contributed by atoms with Crippen LogP contribution in [-0.4, -0.2) is 22.0 Å². The number of benzene rings is 1. The quantitative estimate of drug-likeness (QED) is 0.582. The molecule has 0 aliphatic heterocycles. The van der Waals surface area contributed by atoms with Gasteiger partial charge in [0.2, 0.25) is 5.91 Å². The SMILES string of the molecule is CCCCCCn1c(CCCNC(=O)C2CCCCC2)nc2ccccc21.